The molecule has 1 N–H and O–H groups in total. The first-order valence-corrected chi connectivity index (χ1v) is 7.72. The minimum absolute atomic E-state index is 0.329. The van der Waals surface area contributed by atoms with Crippen LogP contribution in [0.1, 0.15) is 24.2 Å². The summed E-state index contributed by atoms with van der Waals surface area (Å²) in [5.74, 6) is -0.382. The lowest BCUT2D eigenvalue weighted by Crippen LogP contribution is -2.11. The predicted molar refractivity (Wildman–Crippen MR) is 89.6 cm³/mol. The Morgan fingerprint density at radius 2 is 2.20 bits per heavy atom. The Hall–Kier alpha value is -1.08. The predicted octanol–water partition coefficient (Wildman–Crippen LogP) is 4.10. The van der Waals surface area contributed by atoms with Gasteiger partial charge < -0.3 is 10.1 Å². The van der Waals surface area contributed by atoms with E-state index in [4.69, 9.17) is 16.3 Å². The van der Waals surface area contributed by atoms with Gasteiger partial charge in [0.1, 0.15) is 5.56 Å². The summed E-state index contributed by atoms with van der Waals surface area (Å²) in [7, 11) is 0. The van der Waals surface area contributed by atoms with Gasteiger partial charge in [0.15, 0.2) is 0 Å². The van der Waals surface area contributed by atoms with Gasteiger partial charge in [-0.1, -0.05) is 11.6 Å². The largest absolute Gasteiger partial charge is 0.462 e. The molecule has 20 heavy (non-hydrogen) atoms. The van der Waals surface area contributed by atoms with Gasteiger partial charge in [-0.3, -0.25) is 4.98 Å². The van der Waals surface area contributed by atoms with Crippen molar-refractivity contribution < 1.29 is 9.53 Å². The van der Waals surface area contributed by atoms with Gasteiger partial charge in [0, 0.05) is 21.7 Å². The lowest BCUT2D eigenvalue weighted by atomic mass is 10.1. The van der Waals surface area contributed by atoms with Gasteiger partial charge >= 0.3 is 5.97 Å². The lowest BCUT2D eigenvalue weighted by molar-refractivity contribution is 0.0527. The molecule has 0 aliphatic carbocycles. The molecule has 0 saturated carbocycles. The number of rotatable bonds is 4. The molecule has 6 heteroatoms. The van der Waals surface area contributed by atoms with Gasteiger partial charge in [-0.05, 0) is 48.6 Å². The van der Waals surface area contributed by atoms with Crippen molar-refractivity contribution in [2.24, 2.45) is 0 Å². The average Bonchev–Trinajstić information content (AvgIpc) is 2.39. The van der Waals surface area contributed by atoms with Crippen molar-refractivity contribution >= 4 is 56.8 Å². The molecule has 0 atom stereocenters. The molecular formula is C14H14ClIN2O2. The van der Waals surface area contributed by atoms with Crippen LogP contribution in [0.4, 0.5) is 5.69 Å². The molecule has 0 unspecified atom stereocenters. The minimum Gasteiger partial charge on any atom is -0.462 e. The summed E-state index contributed by atoms with van der Waals surface area (Å²) in [6, 6.07) is 3.80. The van der Waals surface area contributed by atoms with Crippen molar-refractivity contribution in [3.63, 3.8) is 0 Å². The molecule has 4 nitrogen and oxygen atoms in total. The molecule has 0 bridgehead atoms. The van der Waals surface area contributed by atoms with Gasteiger partial charge in [0.05, 0.1) is 22.8 Å². The zero-order valence-corrected chi connectivity index (χ0v) is 14.1. The van der Waals surface area contributed by atoms with Gasteiger partial charge in [-0.25, -0.2) is 4.79 Å². The minimum atomic E-state index is -0.382. The van der Waals surface area contributed by atoms with E-state index >= 15 is 0 Å². The third kappa shape index (κ3) is 2.98. The third-order valence-electron chi connectivity index (χ3n) is 2.74. The monoisotopic (exact) mass is 404 g/mol. The maximum atomic E-state index is 12.0. The summed E-state index contributed by atoms with van der Waals surface area (Å²) >= 11 is 8.40. The lowest BCUT2D eigenvalue weighted by Gasteiger charge is -2.13. The number of ether oxygens (including phenoxy) is 1. The van der Waals surface area contributed by atoms with E-state index in [-0.39, 0.29) is 5.97 Å². The molecule has 0 saturated heterocycles. The summed E-state index contributed by atoms with van der Waals surface area (Å²) in [6.45, 7) is 4.76. The Bertz CT molecular complexity index is 661. The highest BCUT2D eigenvalue weighted by molar-refractivity contribution is 14.1. The van der Waals surface area contributed by atoms with Crippen molar-refractivity contribution in [2.75, 3.05) is 18.5 Å². The van der Waals surface area contributed by atoms with E-state index in [1.807, 2.05) is 19.1 Å². The number of benzene rings is 1. The molecule has 0 fully saturated rings. The van der Waals surface area contributed by atoms with Crippen LogP contribution in [0.15, 0.2) is 18.3 Å². The molecule has 0 aliphatic rings. The van der Waals surface area contributed by atoms with Gasteiger partial charge in [-0.2, -0.15) is 0 Å². The van der Waals surface area contributed by atoms with Crippen LogP contribution in [0.2, 0.25) is 5.02 Å². The van der Waals surface area contributed by atoms with Gasteiger partial charge in [-0.15, -0.1) is 0 Å². The molecule has 0 amide bonds. The van der Waals surface area contributed by atoms with Crippen molar-refractivity contribution in [3.05, 3.63) is 32.5 Å². The highest BCUT2D eigenvalue weighted by Gasteiger charge is 2.17. The van der Waals surface area contributed by atoms with Crippen LogP contribution in [-0.4, -0.2) is 24.1 Å². The number of carbonyl (C=O) groups excluding carboxylic acids is 1. The molecule has 2 rings (SSSR count). The van der Waals surface area contributed by atoms with E-state index < -0.39 is 0 Å². The molecule has 0 spiro atoms. The number of halogens is 2. The fourth-order valence-corrected chi connectivity index (χ4v) is 3.03. The SMILES string of the molecule is CCNc1c(C(=O)OCC)cnc2c(Cl)cc(I)cc12. The van der Waals surface area contributed by atoms with Crippen molar-refractivity contribution in [2.45, 2.75) is 13.8 Å². The molecular weight excluding hydrogens is 391 g/mol. The van der Waals surface area contributed by atoms with E-state index in [0.29, 0.717) is 29.3 Å². The zero-order valence-electron chi connectivity index (χ0n) is 11.2. The number of fused-ring (bicyclic) bond motifs is 1. The maximum absolute atomic E-state index is 12.0. The topological polar surface area (TPSA) is 51.2 Å². The molecule has 1 aromatic carbocycles. The number of anilines is 1. The van der Waals surface area contributed by atoms with Crippen LogP contribution < -0.4 is 5.32 Å². The zero-order chi connectivity index (χ0) is 14.7. The van der Waals surface area contributed by atoms with E-state index in [0.717, 1.165) is 14.6 Å². The van der Waals surface area contributed by atoms with Crippen LogP contribution >= 0.6 is 34.2 Å². The molecule has 1 aromatic heterocycles. The van der Waals surface area contributed by atoms with Crippen LogP contribution in [0.5, 0.6) is 0 Å². The normalized spacial score (nSPS) is 10.6. The number of nitrogens with one attached hydrogen (secondary N) is 1. The van der Waals surface area contributed by atoms with Crippen LogP contribution in [0.3, 0.4) is 0 Å². The van der Waals surface area contributed by atoms with E-state index in [9.17, 15) is 4.79 Å². The molecule has 106 valence electrons. The summed E-state index contributed by atoms with van der Waals surface area (Å²) in [6.07, 6.45) is 1.51. The third-order valence-corrected chi connectivity index (χ3v) is 3.65. The summed E-state index contributed by atoms with van der Waals surface area (Å²) in [4.78, 5) is 16.3. The number of aromatic nitrogens is 1. The van der Waals surface area contributed by atoms with Crippen LogP contribution in [0.25, 0.3) is 10.9 Å². The standard InChI is InChI=1S/C14H14ClIN2O2/c1-3-17-12-9-5-8(16)6-11(15)13(9)18-7-10(12)14(19)20-4-2/h5-7H,3-4H2,1-2H3,(H,17,18). The van der Waals surface area contributed by atoms with Crippen molar-refractivity contribution in [1.82, 2.24) is 4.98 Å². The van der Waals surface area contributed by atoms with E-state index in [1.54, 1.807) is 6.92 Å². The van der Waals surface area contributed by atoms with Gasteiger partial charge in [0.2, 0.25) is 0 Å². The Kier molecular flexibility index (Phi) is 5.04. The number of hydrogen-bond acceptors (Lipinski definition) is 4. The Morgan fingerprint density at radius 3 is 2.85 bits per heavy atom. The highest BCUT2D eigenvalue weighted by atomic mass is 127. The van der Waals surface area contributed by atoms with Gasteiger partial charge in [0.25, 0.3) is 0 Å². The molecule has 0 aliphatic heterocycles. The first-order chi connectivity index (χ1) is 9.58. The van der Waals surface area contributed by atoms with E-state index in [2.05, 4.69) is 32.9 Å². The number of nitrogens with zero attached hydrogens (tertiary/aromatic N) is 1. The second-order valence-corrected chi connectivity index (χ2v) is 5.73. The number of esters is 1. The van der Waals surface area contributed by atoms with Crippen LogP contribution in [0, 0.1) is 3.57 Å². The summed E-state index contributed by atoms with van der Waals surface area (Å²) < 4.78 is 6.06. The summed E-state index contributed by atoms with van der Waals surface area (Å²) in [5, 5.41) is 4.61. The molecule has 2 aromatic rings. The molecule has 1 heterocycles. The van der Waals surface area contributed by atoms with Crippen molar-refractivity contribution in [3.8, 4) is 0 Å². The first-order valence-electron chi connectivity index (χ1n) is 6.27. The first kappa shape index (κ1) is 15.3. The number of carbonyl (C=O) groups is 1. The van der Waals surface area contributed by atoms with E-state index in [1.165, 1.54) is 6.20 Å². The highest BCUT2D eigenvalue weighted by Crippen LogP contribution is 2.32. The quantitative estimate of drug-likeness (QED) is 0.616. The summed E-state index contributed by atoms with van der Waals surface area (Å²) in [5.41, 5.74) is 1.83. The maximum Gasteiger partial charge on any atom is 0.341 e. The fourth-order valence-electron chi connectivity index (χ4n) is 1.96. The second kappa shape index (κ2) is 6.58. The average molecular weight is 405 g/mol. The van der Waals surface area contributed by atoms with Crippen LogP contribution in [-0.2, 0) is 4.74 Å². The number of hydrogen-bond donors (Lipinski definition) is 1. The fraction of sp³-hybridized carbons (Fsp3) is 0.286. The number of pyridine rings is 1. The Balaban J connectivity index is 2.71. The Morgan fingerprint density at radius 1 is 1.45 bits per heavy atom. The Labute approximate surface area is 136 Å². The molecule has 0 radical (unpaired) electrons. The second-order valence-electron chi connectivity index (χ2n) is 4.08. The van der Waals surface area contributed by atoms with Crippen molar-refractivity contribution in [1.29, 1.82) is 0 Å². The smallest absolute Gasteiger partial charge is 0.341 e.